The molecule has 0 bridgehead atoms. The number of hydrogen-bond acceptors (Lipinski definition) is 5. The molecule has 0 aliphatic heterocycles. The van der Waals surface area contributed by atoms with Gasteiger partial charge in [0, 0.05) is 24.5 Å². The van der Waals surface area contributed by atoms with Gasteiger partial charge in [-0.25, -0.2) is 9.97 Å². The van der Waals surface area contributed by atoms with E-state index in [-0.39, 0.29) is 6.04 Å². The number of nitrogens with zero attached hydrogens (tertiary/aromatic N) is 3. The second-order valence-corrected chi connectivity index (χ2v) is 11.6. The summed E-state index contributed by atoms with van der Waals surface area (Å²) in [5.41, 5.74) is 11.0. The van der Waals surface area contributed by atoms with Crippen LogP contribution < -0.4 is 21.1 Å². The third-order valence-corrected chi connectivity index (χ3v) is 7.97. The van der Waals surface area contributed by atoms with Crippen molar-refractivity contribution in [3.63, 3.8) is 0 Å². The minimum absolute atomic E-state index is 0.175. The van der Waals surface area contributed by atoms with Gasteiger partial charge in [-0.15, -0.1) is 9.39 Å². The van der Waals surface area contributed by atoms with E-state index in [2.05, 4.69) is 93.3 Å². The summed E-state index contributed by atoms with van der Waals surface area (Å²) in [6.07, 6.45) is 3.89. The van der Waals surface area contributed by atoms with Crippen molar-refractivity contribution in [1.82, 2.24) is 25.3 Å². The monoisotopic (exact) mass is 509 g/mol. The number of guanidine groups is 1. The largest absolute Gasteiger partial charge is 0.382 e. The normalized spacial score (nSPS) is 12.8. The first kappa shape index (κ1) is 29.1. The van der Waals surface area contributed by atoms with E-state index in [0.29, 0.717) is 28.9 Å². The topological polar surface area (TPSA) is 100 Å². The number of nitrogens with two attached hydrogens (primary N) is 1. The van der Waals surface area contributed by atoms with Gasteiger partial charge in [-0.2, -0.15) is 0 Å². The number of rotatable bonds is 12. The predicted octanol–water partition coefficient (Wildman–Crippen LogP) is 4.86. The highest BCUT2D eigenvalue weighted by atomic mass is 32.2. The summed E-state index contributed by atoms with van der Waals surface area (Å²) in [5, 5.41) is 6.57. The summed E-state index contributed by atoms with van der Waals surface area (Å²) in [5.74, 6) is 9.94. The van der Waals surface area contributed by atoms with E-state index in [9.17, 15) is 0 Å². The predicted molar refractivity (Wildman–Crippen MR) is 161 cm³/mol. The van der Waals surface area contributed by atoms with Crippen molar-refractivity contribution in [2.24, 2.45) is 4.99 Å². The van der Waals surface area contributed by atoms with Crippen molar-refractivity contribution in [1.29, 1.82) is 0 Å². The number of aromatic nitrogens is 2. The highest BCUT2D eigenvalue weighted by Crippen LogP contribution is 2.30. The lowest BCUT2D eigenvalue weighted by Gasteiger charge is -2.27. The molecule has 2 rings (SSSR count). The summed E-state index contributed by atoms with van der Waals surface area (Å²) in [6.45, 7) is 17.1. The van der Waals surface area contributed by atoms with Crippen LogP contribution in [0.5, 0.6) is 0 Å². The van der Waals surface area contributed by atoms with Crippen LogP contribution in [0.15, 0.2) is 52.9 Å². The zero-order valence-corrected chi connectivity index (χ0v) is 23.4. The van der Waals surface area contributed by atoms with Gasteiger partial charge in [-0.3, -0.25) is 9.71 Å². The zero-order chi connectivity index (χ0) is 26.9. The van der Waals surface area contributed by atoms with Crippen molar-refractivity contribution >= 4 is 38.6 Å². The van der Waals surface area contributed by atoms with Crippen LogP contribution in [0.3, 0.4) is 0 Å². The van der Waals surface area contributed by atoms with Gasteiger partial charge in [0.15, 0.2) is 5.96 Å². The number of aliphatic imine (C=N–C) groups is 1. The molecular formula is C28H43N7S. The fraction of sp³-hybridized carbons (Fsp3) is 0.393. The highest BCUT2D eigenvalue weighted by Gasteiger charge is 2.15. The van der Waals surface area contributed by atoms with Crippen LogP contribution in [0.2, 0.25) is 0 Å². The minimum atomic E-state index is -1.62. The summed E-state index contributed by atoms with van der Waals surface area (Å²) < 4.78 is 3.72. The van der Waals surface area contributed by atoms with Gasteiger partial charge in [0.1, 0.15) is 11.5 Å². The minimum Gasteiger partial charge on any atom is -0.382 e. The lowest BCUT2D eigenvalue weighted by atomic mass is 10.0. The number of nitrogen functional groups attached to an aromatic ring is 1. The first-order chi connectivity index (χ1) is 17.0. The number of hydrogen-bond donors (Lipinski definition) is 4. The van der Waals surface area contributed by atoms with Crippen LogP contribution in [0, 0.1) is 20.8 Å². The van der Waals surface area contributed by atoms with E-state index in [4.69, 9.17) is 5.73 Å². The molecule has 0 amide bonds. The Hall–Kier alpha value is -3.10. The Balaban J connectivity index is 1.89. The standard InChI is InChI=1S/C28H43N7S/c1-10-20(3)25(35-36(8,9)24-16-14-19(2)15-17-24)13-11-12-18-31-28(30-7)34-22(5)26-21(4)33-27(29)23(6)32-26/h14-17,25,35H,3,5,8-13,18H2,1-2,4,6-7H3,(H2,29,33)(H2,30,31,34). The Morgan fingerprint density at radius 2 is 1.72 bits per heavy atom. The Bertz CT molecular complexity index is 1200. The van der Waals surface area contributed by atoms with E-state index in [1.807, 2.05) is 13.8 Å². The van der Waals surface area contributed by atoms with E-state index < -0.39 is 9.39 Å². The van der Waals surface area contributed by atoms with Crippen LogP contribution in [0.1, 0.15) is 55.3 Å². The first-order valence-corrected chi connectivity index (χ1v) is 14.2. The highest BCUT2D eigenvalue weighted by molar-refractivity contribution is 8.26. The van der Waals surface area contributed by atoms with Crippen LogP contribution >= 0.6 is 9.39 Å². The molecule has 0 saturated heterocycles. The molecule has 0 radical (unpaired) electrons. The van der Waals surface area contributed by atoms with Crippen LogP contribution in [0.25, 0.3) is 5.70 Å². The molecular weight excluding hydrogens is 466 g/mol. The van der Waals surface area contributed by atoms with Crippen LogP contribution in [0.4, 0.5) is 5.82 Å². The van der Waals surface area contributed by atoms with Gasteiger partial charge in [-0.05, 0) is 58.6 Å². The summed E-state index contributed by atoms with van der Waals surface area (Å²) >= 11 is 0. The molecule has 1 unspecified atom stereocenters. The number of unbranched alkanes of at least 4 members (excludes halogenated alkanes) is 1. The number of anilines is 1. The molecule has 196 valence electrons. The number of benzene rings is 1. The van der Waals surface area contributed by atoms with Crippen LogP contribution in [-0.4, -0.2) is 47.3 Å². The Kier molecular flexibility index (Phi) is 10.7. The Morgan fingerprint density at radius 1 is 1.06 bits per heavy atom. The van der Waals surface area contributed by atoms with E-state index in [1.165, 1.54) is 11.1 Å². The first-order valence-electron chi connectivity index (χ1n) is 12.3. The average Bonchev–Trinajstić information content (AvgIpc) is 2.84. The third kappa shape index (κ3) is 8.24. The maximum Gasteiger partial charge on any atom is 0.195 e. The fourth-order valence-electron chi connectivity index (χ4n) is 3.70. The molecule has 0 aliphatic carbocycles. The quantitative estimate of drug-likeness (QED) is 0.107. The average molecular weight is 510 g/mol. The molecule has 1 heterocycles. The maximum absolute atomic E-state index is 5.85. The molecule has 0 spiro atoms. The second kappa shape index (κ2) is 13.3. The SMILES string of the molecule is C=C(NC(=NC)NCCCCC(NS(=C)(=C)c1ccc(C)cc1)C(=C)CC)c1nc(C)c(N)nc1C. The number of nitrogens with one attached hydrogen (secondary N) is 3. The second-order valence-electron chi connectivity index (χ2n) is 9.11. The third-order valence-electron chi connectivity index (χ3n) is 6.06. The molecule has 1 atom stereocenters. The Morgan fingerprint density at radius 3 is 2.33 bits per heavy atom. The molecule has 2 aromatic rings. The van der Waals surface area contributed by atoms with Gasteiger partial charge in [-0.1, -0.05) is 55.1 Å². The fourth-order valence-corrected chi connectivity index (χ4v) is 5.32. The van der Waals surface area contributed by atoms with E-state index in [1.54, 1.807) is 7.05 Å². The number of aryl methyl sites for hydroxylation is 3. The summed E-state index contributed by atoms with van der Waals surface area (Å²) in [7, 11) is 0.108. The Labute approximate surface area is 218 Å². The summed E-state index contributed by atoms with van der Waals surface area (Å²) in [6, 6.07) is 8.65. The van der Waals surface area contributed by atoms with Crippen molar-refractivity contribution in [2.45, 2.75) is 64.3 Å². The smallest absolute Gasteiger partial charge is 0.195 e. The lowest BCUT2D eigenvalue weighted by molar-refractivity contribution is 0.575. The maximum atomic E-state index is 5.85. The van der Waals surface area contributed by atoms with E-state index >= 15 is 0 Å². The summed E-state index contributed by atoms with van der Waals surface area (Å²) in [4.78, 5) is 14.3. The van der Waals surface area contributed by atoms with Crippen molar-refractivity contribution in [2.75, 3.05) is 19.3 Å². The molecule has 0 fully saturated rings. The molecule has 5 N–H and O–H groups in total. The molecule has 7 nitrogen and oxygen atoms in total. The molecule has 0 aliphatic rings. The van der Waals surface area contributed by atoms with Gasteiger partial charge in [0.25, 0.3) is 0 Å². The molecule has 36 heavy (non-hydrogen) atoms. The zero-order valence-electron chi connectivity index (χ0n) is 22.6. The van der Waals surface area contributed by atoms with Crippen LogP contribution in [-0.2, 0) is 0 Å². The van der Waals surface area contributed by atoms with Crippen molar-refractivity contribution < 1.29 is 0 Å². The lowest BCUT2D eigenvalue weighted by Crippen LogP contribution is -2.37. The molecule has 0 saturated carbocycles. The van der Waals surface area contributed by atoms with Gasteiger partial charge < -0.3 is 16.4 Å². The molecule has 8 heteroatoms. The molecule has 1 aromatic carbocycles. The molecule has 1 aromatic heterocycles. The van der Waals surface area contributed by atoms with Gasteiger partial charge in [0.05, 0.1) is 17.1 Å². The van der Waals surface area contributed by atoms with Gasteiger partial charge >= 0.3 is 0 Å². The van der Waals surface area contributed by atoms with E-state index in [0.717, 1.165) is 42.8 Å². The van der Waals surface area contributed by atoms with Gasteiger partial charge in [0.2, 0.25) is 0 Å². The van der Waals surface area contributed by atoms with Crippen molar-refractivity contribution in [3.05, 3.63) is 65.6 Å². The van der Waals surface area contributed by atoms with Crippen molar-refractivity contribution in [3.8, 4) is 0 Å².